The van der Waals surface area contributed by atoms with Gasteiger partial charge in [0.15, 0.2) is 5.82 Å². The third kappa shape index (κ3) is 4.91. The van der Waals surface area contributed by atoms with Crippen LogP contribution in [0.25, 0.3) is 11.4 Å². The quantitative estimate of drug-likeness (QED) is 0.588. The Morgan fingerprint density at radius 3 is 2.44 bits per heavy atom. The Bertz CT molecular complexity index is 901. The fraction of sp³-hybridized carbons (Fsp3) is 0.158. The SMILES string of the molecule is COc1nc(NCCOc2ccccc2)nc(-c2ccc(C(N)=O)cc2)n1. The van der Waals surface area contributed by atoms with Gasteiger partial charge in [-0.2, -0.15) is 15.0 Å². The topological polar surface area (TPSA) is 112 Å². The van der Waals surface area contributed by atoms with Crippen molar-refractivity contribution >= 4 is 11.9 Å². The third-order valence-corrected chi connectivity index (χ3v) is 3.62. The average molecular weight is 365 g/mol. The second-order valence-electron chi connectivity index (χ2n) is 5.50. The minimum Gasteiger partial charge on any atom is -0.492 e. The maximum Gasteiger partial charge on any atom is 0.321 e. The van der Waals surface area contributed by atoms with Crippen LogP contribution in [0.2, 0.25) is 0 Å². The smallest absolute Gasteiger partial charge is 0.321 e. The largest absolute Gasteiger partial charge is 0.492 e. The number of rotatable bonds is 8. The summed E-state index contributed by atoms with van der Waals surface area (Å²) in [6.07, 6.45) is 0. The van der Waals surface area contributed by atoms with Gasteiger partial charge in [-0.05, 0) is 24.3 Å². The van der Waals surface area contributed by atoms with Gasteiger partial charge >= 0.3 is 6.01 Å². The summed E-state index contributed by atoms with van der Waals surface area (Å²) >= 11 is 0. The van der Waals surface area contributed by atoms with E-state index >= 15 is 0 Å². The number of primary amides is 1. The van der Waals surface area contributed by atoms with Crippen LogP contribution in [0.4, 0.5) is 5.95 Å². The summed E-state index contributed by atoms with van der Waals surface area (Å²) in [5, 5.41) is 3.09. The van der Waals surface area contributed by atoms with Gasteiger partial charge in [0.2, 0.25) is 11.9 Å². The molecule has 3 rings (SSSR count). The van der Waals surface area contributed by atoms with Crippen LogP contribution in [-0.4, -0.2) is 41.1 Å². The lowest BCUT2D eigenvalue weighted by Gasteiger charge is -2.09. The normalized spacial score (nSPS) is 10.3. The highest BCUT2D eigenvalue weighted by Crippen LogP contribution is 2.19. The zero-order valence-corrected chi connectivity index (χ0v) is 14.8. The average Bonchev–Trinajstić information content (AvgIpc) is 2.72. The molecule has 2 aromatic carbocycles. The van der Waals surface area contributed by atoms with E-state index in [1.54, 1.807) is 24.3 Å². The van der Waals surface area contributed by atoms with Crippen LogP contribution in [-0.2, 0) is 0 Å². The highest BCUT2D eigenvalue weighted by atomic mass is 16.5. The number of benzene rings is 2. The number of aromatic nitrogens is 3. The van der Waals surface area contributed by atoms with Crippen molar-refractivity contribution in [2.24, 2.45) is 5.73 Å². The second kappa shape index (κ2) is 8.61. The van der Waals surface area contributed by atoms with Gasteiger partial charge in [0.1, 0.15) is 12.4 Å². The summed E-state index contributed by atoms with van der Waals surface area (Å²) < 4.78 is 10.8. The number of amides is 1. The van der Waals surface area contributed by atoms with Crippen molar-refractivity contribution < 1.29 is 14.3 Å². The number of carbonyl (C=O) groups is 1. The Balaban J connectivity index is 1.68. The standard InChI is InChI=1S/C19H19N5O3/c1-26-19-23-17(14-9-7-13(8-10-14)16(20)25)22-18(24-19)21-11-12-27-15-5-3-2-4-6-15/h2-10H,11-12H2,1H3,(H2,20,25)(H,21,22,23,24). The Labute approximate surface area is 156 Å². The van der Waals surface area contributed by atoms with Crippen LogP contribution >= 0.6 is 0 Å². The van der Waals surface area contributed by atoms with Gasteiger partial charge in [-0.15, -0.1) is 0 Å². The number of para-hydroxylation sites is 1. The van der Waals surface area contributed by atoms with Gasteiger partial charge in [-0.3, -0.25) is 4.79 Å². The fourth-order valence-corrected chi connectivity index (χ4v) is 2.29. The van der Waals surface area contributed by atoms with Gasteiger partial charge in [-0.1, -0.05) is 30.3 Å². The molecule has 1 heterocycles. The molecule has 0 bridgehead atoms. The lowest BCUT2D eigenvalue weighted by atomic mass is 10.1. The number of hydrogen-bond acceptors (Lipinski definition) is 7. The molecule has 8 heteroatoms. The first-order chi connectivity index (χ1) is 13.2. The molecule has 3 aromatic rings. The van der Waals surface area contributed by atoms with Crippen molar-refractivity contribution in [3.63, 3.8) is 0 Å². The molecule has 0 atom stereocenters. The summed E-state index contributed by atoms with van der Waals surface area (Å²) in [6, 6.07) is 16.4. The van der Waals surface area contributed by atoms with Crippen LogP contribution < -0.4 is 20.5 Å². The number of hydrogen-bond donors (Lipinski definition) is 2. The number of ether oxygens (including phenoxy) is 2. The highest BCUT2D eigenvalue weighted by Gasteiger charge is 2.10. The molecule has 0 aliphatic heterocycles. The molecule has 0 fully saturated rings. The van der Waals surface area contributed by atoms with E-state index in [0.29, 0.717) is 36.1 Å². The number of methoxy groups -OCH3 is 1. The summed E-state index contributed by atoms with van der Waals surface area (Å²) in [5.41, 5.74) is 6.39. The summed E-state index contributed by atoms with van der Waals surface area (Å²) in [7, 11) is 1.48. The van der Waals surface area contributed by atoms with Crippen molar-refractivity contribution in [2.75, 3.05) is 25.6 Å². The maximum atomic E-state index is 11.2. The van der Waals surface area contributed by atoms with E-state index < -0.39 is 5.91 Å². The van der Waals surface area contributed by atoms with E-state index in [0.717, 1.165) is 5.75 Å². The van der Waals surface area contributed by atoms with Crippen molar-refractivity contribution in [2.45, 2.75) is 0 Å². The molecular weight excluding hydrogens is 346 g/mol. The molecule has 3 N–H and O–H groups in total. The zero-order chi connectivity index (χ0) is 19.1. The minimum atomic E-state index is -0.490. The van der Waals surface area contributed by atoms with E-state index in [2.05, 4.69) is 20.3 Å². The molecule has 1 amide bonds. The first kappa shape index (κ1) is 18.1. The van der Waals surface area contributed by atoms with Crippen molar-refractivity contribution in [1.29, 1.82) is 0 Å². The molecule has 0 aliphatic carbocycles. The van der Waals surface area contributed by atoms with Gasteiger partial charge in [0.05, 0.1) is 13.7 Å². The van der Waals surface area contributed by atoms with Crippen molar-refractivity contribution in [3.8, 4) is 23.1 Å². The molecule has 0 aliphatic rings. The summed E-state index contributed by atoms with van der Waals surface area (Å²) in [6.45, 7) is 0.947. The van der Waals surface area contributed by atoms with Crippen LogP contribution in [0.1, 0.15) is 10.4 Å². The van der Waals surface area contributed by atoms with Gasteiger partial charge in [0.25, 0.3) is 0 Å². The second-order valence-corrected chi connectivity index (χ2v) is 5.50. The fourth-order valence-electron chi connectivity index (χ4n) is 2.29. The first-order valence-electron chi connectivity index (χ1n) is 8.28. The summed E-state index contributed by atoms with van der Waals surface area (Å²) in [5.74, 6) is 1.09. The van der Waals surface area contributed by atoms with Gasteiger partial charge in [-0.25, -0.2) is 0 Å². The summed E-state index contributed by atoms with van der Waals surface area (Å²) in [4.78, 5) is 24.0. The molecule has 0 spiro atoms. The maximum absolute atomic E-state index is 11.2. The lowest BCUT2D eigenvalue weighted by molar-refractivity contribution is 0.100. The van der Waals surface area contributed by atoms with E-state index in [1.807, 2.05) is 30.3 Å². The number of nitrogens with zero attached hydrogens (tertiary/aromatic N) is 3. The Morgan fingerprint density at radius 2 is 1.78 bits per heavy atom. The third-order valence-electron chi connectivity index (χ3n) is 3.62. The molecule has 0 unspecified atom stereocenters. The van der Waals surface area contributed by atoms with E-state index in [-0.39, 0.29) is 6.01 Å². The zero-order valence-electron chi connectivity index (χ0n) is 14.8. The first-order valence-corrected chi connectivity index (χ1v) is 8.28. The van der Waals surface area contributed by atoms with Crippen LogP contribution in [0, 0.1) is 0 Å². The molecule has 138 valence electrons. The Kier molecular flexibility index (Phi) is 5.78. The molecular formula is C19H19N5O3. The van der Waals surface area contributed by atoms with Crippen molar-refractivity contribution in [3.05, 3.63) is 60.2 Å². The molecule has 0 saturated heterocycles. The van der Waals surface area contributed by atoms with E-state index in [4.69, 9.17) is 15.2 Å². The molecule has 0 saturated carbocycles. The number of anilines is 1. The molecule has 1 aromatic heterocycles. The highest BCUT2D eigenvalue weighted by molar-refractivity contribution is 5.93. The molecule has 27 heavy (non-hydrogen) atoms. The number of carbonyl (C=O) groups excluding carboxylic acids is 1. The van der Waals surface area contributed by atoms with Crippen LogP contribution in [0.5, 0.6) is 11.8 Å². The van der Waals surface area contributed by atoms with Crippen LogP contribution in [0.15, 0.2) is 54.6 Å². The Hall–Kier alpha value is -3.68. The van der Waals surface area contributed by atoms with E-state index in [9.17, 15) is 4.79 Å². The van der Waals surface area contributed by atoms with Gasteiger partial charge < -0.3 is 20.5 Å². The lowest BCUT2D eigenvalue weighted by Crippen LogP contribution is -2.14. The molecule has 8 nitrogen and oxygen atoms in total. The monoisotopic (exact) mass is 365 g/mol. The van der Waals surface area contributed by atoms with Crippen molar-refractivity contribution in [1.82, 2.24) is 15.0 Å². The number of nitrogens with two attached hydrogens (primary N) is 1. The Morgan fingerprint density at radius 1 is 1.04 bits per heavy atom. The minimum absolute atomic E-state index is 0.186. The van der Waals surface area contributed by atoms with Crippen LogP contribution in [0.3, 0.4) is 0 Å². The molecule has 0 radical (unpaired) electrons. The van der Waals surface area contributed by atoms with E-state index in [1.165, 1.54) is 7.11 Å². The van der Waals surface area contributed by atoms with Gasteiger partial charge in [0, 0.05) is 11.1 Å². The number of nitrogens with one attached hydrogen (secondary N) is 1. The predicted molar refractivity (Wildman–Crippen MR) is 101 cm³/mol. The predicted octanol–water partition coefficient (Wildman–Crippen LogP) is 2.14.